The largest absolute Gasteiger partial charge is 0.352 e. The van der Waals surface area contributed by atoms with Crippen LogP contribution in [0.3, 0.4) is 0 Å². The van der Waals surface area contributed by atoms with Gasteiger partial charge in [-0.1, -0.05) is 23.2 Å². The lowest BCUT2D eigenvalue weighted by atomic mass is 10.2. The van der Waals surface area contributed by atoms with Crippen LogP contribution in [-0.2, 0) is 0 Å². The third-order valence-electron chi connectivity index (χ3n) is 2.38. The zero-order chi connectivity index (χ0) is 13.5. The minimum Gasteiger partial charge on any atom is -0.352 e. The highest BCUT2D eigenvalue weighted by Gasteiger charge is 2.13. The number of carbonyl (C=O) groups is 1. The molecule has 0 aliphatic rings. The summed E-state index contributed by atoms with van der Waals surface area (Å²) in [6.07, 6.45) is 2.78. The van der Waals surface area contributed by atoms with Crippen LogP contribution in [0.4, 0.5) is 0 Å². The number of nitrogens with one attached hydrogen (secondary N) is 2. The molecular formula is C12H16Cl2N2OS. The van der Waals surface area contributed by atoms with Crippen LogP contribution >= 0.6 is 35.0 Å². The second-order valence-electron chi connectivity index (χ2n) is 3.68. The van der Waals surface area contributed by atoms with Gasteiger partial charge in [0.05, 0.1) is 15.6 Å². The Bertz CT molecular complexity index is 427. The van der Waals surface area contributed by atoms with E-state index in [9.17, 15) is 4.79 Å². The molecule has 0 aliphatic carbocycles. The van der Waals surface area contributed by atoms with Crippen LogP contribution in [0.25, 0.3) is 0 Å². The molecule has 0 bridgehead atoms. The maximum atomic E-state index is 11.9. The smallest absolute Gasteiger partial charge is 0.252 e. The van der Waals surface area contributed by atoms with Gasteiger partial charge in [-0.2, -0.15) is 0 Å². The molecule has 100 valence electrons. The molecule has 0 spiro atoms. The molecule has 3 nitrogen and oxygen atoms in total. The van der Waals surface area contributed by atoms with Gasteiger partial charge in [0.1, 0.15) is 0 Å². The van der Waals surface area contributed by atoms with Crippen molar-refractivity contribution in [3.63, 3.8) is 0 Å². The summed E-state index contributed by atoms with van der Waals surface area (Å²) in [5, 5.41) is 6.80. The third kappa shape index (κ3) is 4.35. The Hall–Kier alpha value is -0.420. The van der Waals surface area contributed by atoms with Gasteiger partial charge in [0.15, 0.2) is 0 Å². The predicted octanol–water partition coefficient (Wildman–Crippen LogP) is 3.05. The molecular weight excluding hydrogens is 291 g/mol. The molecule has 1 rings (SSSR count). The summed E-state index contributed by atoms with van der Waals surface area (Å²) < 4.78 is 0. The van der Waals surface area contributed by atoms with Crippen LogP contribution in [0.2, 0.25) is 10.0 Å². The van der Waals surface area contributed by atoms with Crippen molar-refractivity contribution in [1.29, 1.82) is 0 Å². The van der Waals surface area contributed by atoms with Crippen molar-refractivity contribution >= 4 is 40.9 Å². The maximum absolute atomic E-state index is 11.9. The average molecular weight is 307 g/mol. The molecule has 1 aromatic carbocycles. The van der Waals surface area contributed by atoms with Gasteiger partial charge in [-0.3, -0.25) is 4.79 Å². The zero-order valence-corrected chi connectivity index (χ0v) is 12.7. The summed E-state index contributed by atoms with van der Waals surface area (Å²) in [6.45, 7) is 1.48. The summed E-state index contributed by atoms with van der Waals surface area (Å²) in [7, 11) is 1.88. The highest BCUT2D eigenvalue weighted by molar-refractivity contribution is 7.98. The Kier molecular flexibility index (Phi) is 6.86. The van der Waals surface area contributed by atoms with E-state index in [0.29, 0.717) is 22.2 Å². The second-order valence-corrected chi connectivity index (χ2v) is 5.34. The molecule has 6 heteroatoms. The molecule has 0 heterocycles. The first-order valence-electron chi connectivity index (χ1n) is 5.56. The van der Waals surface area contributed by atoms with Crippen molar-refractivity contribution in [2.24, 2.45) is 0 Å². The Balaban J connectivity index is 2.73. The highest BCUT2D eigenvalue weighted by Crippen LogP contribution is 2.31. The predicted molar refractivity (Wildman–Crippen MR) is 79.1 cm³/mol. The normalized spacial score (nSPS) is 10.4. The van der Waals surface area contributed by atoms with Gasteiger partial charge in [0.25, 0.3) is 5.91 Å². The second kappa shape index (κ2) is 7.89. The first-order valence-corrected chi connectivity index (χ1v) is 7.54. The maximum Gasteiger partial charge on any atom is 0.252 e. The summed E-state index contributed by atoms with van der Waals surface area (Å²) in [5.74, 6) is -0.164. The molecule has 2 N–H and O–H groups in total. The standard InChI is InChI=1S/C12H16Cl2N2OS/c1-15-4-3-5-16-12(17)8-6-11(18-2)10(14)7-9(8)13/h6-7,15H,3-5H2,1-2H3,(H,16,17). The quantitative estimate of drug-likeness (QED) is 0.627. The minimum absolute atomic E-state index is 0.164. The van der Waals surface area contributed by atoms with E-state index in [1.54, 1.807) is 12.1 Å². The molecule has 0 fully saturated rings. The van der Waals surface area contributed by atoms with E-state index in [4.69, 9.17) is 23.2 Å². The lowest BCUT2D eigenvalue weighted by Crippen LogP contribution is -2.26. The molecule has 0 radical (unpaired) electrons. The fourth-order valence-electron chi connectivity index (χ4n) is 1.42. The van der Waals surface area contributed by atoms with Crippen LogP contribution in [0.5, 0.6) is 0 Å². The lowest BCUT2D eigenvalue weighted by molar-refractivity contribution is 0.0953. The lowest BCUT2D eigenvalue weighted by Gasteiger charge is -2.09. The molecule has 1 amide bonds. The Morgan fingerprint density at radius 2 is 2.00 bits per heavy atom. The molecule has 1 aromatic rings. The Morgan fingerprint density at radius 3 is 2.61 bits per heavy atom. The van der Waals surface area contributed by atoms with E-state index in [-0.39, 0.29) is 5.91 Å². The monoisotopic (exact) mass is 306 g/mol. The van der Waals surface area contributed by atoms with Crippen LogP contribution in [0.1, 0.15) is 16.8 Å². The van der Waals surface area contributed by atoms with Crippen LogP contribution in [0.15, 0.2) is 17.0 Å². The summed E-state index contributed by atoms with van der Waals surface area (Å²) in [6, 6.07) is 3.33. The molecule has 0 aromatic heterocycles. The van der Waals surface area contributed by atoms with Gasteiger partial charge in [0, 0.05) is 11.4 Å². The topological polar surface area (TPSA) is 41.1 Å². The number of carbonyl (C=O) groups excluding carboxylic acids is 1. The van der Waals surface area contributed by atoms with Crippen molar-refractivity contribution in [3.05, 3.63) is 27.7 Å². The molecule has 18 heavy (non-hydrogen) atoms. The summed E-state index contributed by atoms with van der Waals surface area (Å²) >= 11 is 13.5. The van der Waals surface area contributed by atoms with Crippen LogP contribution in [0, 0.1) is 0 Å². The van der Waals surface area contributed by atoms with Crippen molar-refractivity contribution in [2.45, 2.75) is 11.3 Å². The van der Waals surface area contributed by atoms with Crippen LogP contribution < -0.4 is 10.6 Å². The fourth-order valence-corrected chi connectivity index (χ4v) is 2.61. The molecule has 0 saturated carbocycles. The number of hydrogen-bond acceptors (Lipinski definition) is 3. The van der Waals surface area contributed by atoms with Gasteiger partial charge in [-0.15, -0.1) is 11.8 Å². The van der Waals surface area contributed by atoms with E-state index in [1.807, 2.05) is 13.3 Å². The number of amides is 1. The third-order valence-corrected chi connectivity index (χ3v) is 3.89. The molecule has 0 aliphatic heterocycles. The van der Waals surface area contributed by atoms with E-state index in [0.717, 1.165) is 17.9 Å². The highest BCUT2D eigenvalue weighted by atomic mass is 35.5. The van der Waals surface area contributed by atoms with Gasteiger partial charge in [0.2, 0.25) is 0 Å². The fraction of sp³-hybridized carbons (Fsp3) is 0.417. The van der Waals surface area contributed by atoms with E-state index < -0.39 is 0 Å². The molecule has 0 unspecified atom stereocenters. The summed E-state index contributed by atoms with van der Waals surface area (Å²) in [4.78, 5) is 12.8. The SMILES string of the molecule is CNCCCNC(=O)c1cc(SC)c(Cl)cc1Cl. The van der Waals surface area contributed by atoms with E-state index >= 15 is 0 Å². The number of rotatable bonds is 6. The Labute approximate surface area is 122 Å². The molecule has 0 atom stereocenters. The van der Waals surface area contributed by atoms with Crippen molar-refractivity contribution in [3.8, 4) is 0 Å². The van der Waals surface area contributed by atoms with Gasteiger partial charge in [-0.05, 0) is 38.4 Å². The summed E-state index contributed by atoms with van der Waals surface area (Å²) in [5.41, 5.74) is 0.467. The van der Waals surface area contributed by atoms with Gasteiger partial charge in [-0.25, -0.2) is 0 Å². The van der Waals surface area contributed by atoms with E-state index in [2.05, 4.69) is 10.6 Å². The van der Waals surface area contributed by atoms with Crippen molar-refractivity contribution < 1.29 is 4.79 Å². The molecule has 0 saturated heterocycles. The first-order chi connectivity index (χ1) is 8.60. The first kappa shape index (κ1) is 15.6. The van der Waals surface area contributed by atoms with E-state index in [1.165, 1.54) is 11.8 Å². The van der Waals surface area contributed by atoms with Gasteiger partial charge >= 0.3 is 0 Å². The minimum atomic E-state index is -0.164. The number of hydrogen-bond donors (Lipinski definition) is 2. The van der Waals surface area contributed by atoms with Gasteiger partial charge < -0.3 is 10.6 Å². The van der Waals surface area contributed by atoms with Crippen molar-refractivity contribution in [1.82, 2.24) is 10.6 Å². The van der Waals surface area contributed by atoms with Crippen molar-refractivity contribution in [2.75, 3.05) is 26.4 Å². The Morgan fingerprint density at radius 1 is 1.28 bits per heavy atom. The average Bonchev–Trinajstić information content (AvgIpc) is 2.34. The van der Waals surface area contributed by atoms with Crippen LogP contribution in [-0.4, -0.2) is 32.3 Å². The zero-order valence-electron chi connectivity index (χ0n) is 10.3. The number of benzene rings is 1. The number of halogens is 2. The number of thioether (sulfide) groups is 1.